The van der Waals surface area contributed by atoms with Gasteiger partial charge in [-0.2, -0.15) is 0 Å². The van der Waals surface area contributed by atoms with Crippen molar-refractivity contribution in [2.45, 2.75) is 26.0 Å². The molecule has 7 heteroatoms. The molecular formula is C23H23BrN2O4. The van der Waals surface area contributed by atoms with E-state index in [0.717, 1.165) is 15.4 Å². The molecule has 4 rings (SSSR count). The average Bonchev–Trinajstić information content (AvgIpc) is 3.12. The Balaban J connectivity index is 1.52. The third-order valence-electron chi connectivity index (χ3n) is 5.41. The number of amides is 1. The first kappa shape index (κ1) is 20.8. The lowest BCUT2D eigenvalue weighted by molar-refractivity contribution is -0.124. The molecule has 0 spiro atoms. The quantitative estimate of drug-likeness (QED) is 0.542. The lowest BCUT2D eigenvalue weighted by Gasteiger charge is -2.36. The average molecular weight is 471 g/mol. The molecule has 0 radical (unpaired) electrons. The van der Waals surface area contributed by atoms with E-state index in [-0.39, 0.29) is 23.6 Å². The minimum absolute atomic E-state index is 0.103. The van der Waals surface area contributed by atoms with Crippen molar-refractivity contribution in [2.24, 2.45) is 0 Å². The normalized spacial score (nSPS) is 18.3. The standard InChI is InChI=1S/C23H23BrN2O4/c1-14(26-10-11-29-20(13-26)16-6-5-7-17(24)12-16)23(28)25-21-18-8-3-4-9-19(18)30-22(21)15(2)27/h3-9,12,14,20H,10-11,13H2,1-2H3,(H,25,28)/t14-,20+/m0/s1. The zero-order valence-corrected chi connectivity index (χ0v) is 18.4. The Morgan fingerprint density at radius 2 is 2.00 bits per heavy atom. The summed E-state index contributed by atoms with van der Waals surface area (Å²) in [5, 5.41) is 3.65. The van der Waals surface area contributed by atoms with Crippen molar-refractivity contribution in [3.63, 3.8) is 0 Å². The molecule has 0 aliphatic carbocycles. The fraction of sp³-hybridized carbons (Fsp3) is 0.304. The topological polar surface area (TPSA) is 71.8 Å². The van der Waals surface area contributed by atoms with Gasteiger partial charge >= 0.3 is 0 Å². The number of anilines is 1. The number of morpholine rings is 1. The first-order chi connectivity index (χ1) is 14.4. The Morgan fingerprint density at radius 3 is 2.77 bits per heavy atom. The largest absolute Gasteiger partial charge is 0.451 e. The van der Waals surface area contributed by atoms with Gasteiger partial charge < -0.3 is 14.5 Å². The molecule has 1 fully saturated rings. The SMILES string of the molecule is CC(=O)c1oc2ccccc2c1NC(=O)[C@H](C)N1CCO[C@@H](c2cccc(Br)c2)C1. The van der Waals surface area contributed by atoms with Gasteiger partial charge in [0.05, 0.1) is 24.4 Å². The molecular weight excluding hydrogens is 448 g/mol. The third kappa shape index (κ3) is 4.19. The van der Waals surface area contributed by atoms with Crippen LogP contribution in [0.2, 0.25) is 0 Å². The molecule has 6 nitrogen and oxygen atoms in total. The molecule has 0 saturated carbocycles. The molecule has 1 aliphatic heterocycles. The number of rotatable bonds is 5. The van der Waals surface area contributed by atoms with Crippen LogP contribution in [0.3, 0.4) is 0 Å². The number of halogens is 1. The molecule has 2 heterocycles. The second-order valence-corrected chi connectivity index (χ2v) is 8.35. The van der Waals surface area contributed by atoms with Gasteiger partial charge in [-0.1, -0.05) is 40.2 Å². The Bertz CT molecular complexity index is 1090. The lowest BCUT2D eigenvalue weighted by Crippen LogP contribution is -2.48. The fourth-order valence-corrected chi connectivity index (χ4v) is 4.16. The summed E-state index contributed by atoms with van der Waals surface area (Å²) in [6.07, 6.45) is -0.103. The van der Waals surface area contributed by atoms with Crippen LogP contribution in [0, 0.1) is 0 Å². The predicted octanol–water partition coefficient (Wildman–Crippen LogP) is 4.80. The van der Waals surface area contributed by atoms with Gasteiger partial charge in [0.1, 0.15) is 5.58 Å². The predicted molar refractivity (Wildman–Crippen MR) is 119 cm³/mol. The zero-order chi connectivity index (χ0) is 21.3. The van der Waals surface area contributed by atoms with Crippen LogP contribution in [-0.4, -0.2) is 42.3 Å². The molecule has 1 amide bonds. The highest BCUT2D eigenvalue weighted by atomic mass is 79.9. The summed E-state index contributed by atoms with van der Waals surface area (Å²) < 4.78 is 12.6. The van der Waals surface area contributed by atoms with E-state index in [1.54, 1.807) is 6.07 Å². The number of fused-ring (bicyclic) bond motifs is 1. The second kappa shape index (κ2) is 8.71. The van der Waals surface area contributed by atoms with Crippen LogP contribution in [0.5, 0.6) is 0 Å². The van der Waals surface area contributed by atoms with Gasteiger partial charge in [0.2, 0.25) is 5.91 Å². The van der Waals surface area contributed by atoms with Crippen LogP contribution >= 0.6 is 15.9 Å². The minimum atomic E-state index is -0.392. The molecule has 1 aromatic heterocycles. The summed E-state index contributed by atoms with van der Waals surface area (Å²) in [6.45, 7) is 5.11. The van der Waals surface area contributed by atoms with E-state index in [9.17, 15) is 9.59 Å². The number of ether oxygens (including phenoxy) is 1. The minimum Gasteiger partial charge on any atom is -0.451 e. The number of carbonyl (C=O) groups excluding carboxylic acids is 2. The maximum Gasteiger partial charge on any atom is 0.241 e. The molecule has 3 aromatic rings. The van der Waals surface area contributed by atoms with Gasteiger partial charge in [0.25, 0.3) is 0 Å². The number of para-hydroxylation sites is 1. The molecule has 1 aliphatic rings. The number of hydrogen-bond donors (Lipinski definition) is 1. The highest BCUT2D eigenvalue weighted by Gasteiger charge is 2.30. The number of nitrogens with one attached hydrogen (secondary N) is 1. The Kier molecular flexibility index (Phi) is 6.04. The Morgan fingerprint density at radius 1 is 1.20 bits per heavy atom. The van der Waals surface area contributed by atoms with Crippen LogP contribution in [0.1, 0.15) is 36.1 Å². The van der Waals surface area contributed by atoms with Crippen molar-refractivity contribution in [2.75, 3.05) is 25.0 Å². The van der Waals surface area contributed by atoms with Crippen molar-refractivity contribution in [3.8, 4) is 0 Å². The summed E-state index contributed by atoms with van der Waals surface area (Å²) in [7, 11) is 0. The summed E-state index contributed by atoms with van der Waals surface area (Å²) in [6, 6.07) is 14.9. The van der Waals surface area contributed by atoms with E-state index in [1.165, 1.54) is 6.92 Å². The van der Waals surface area contributed by atoms with Crippen molar-refractivity contribution < 1.29 is 18.7 Å². The van der Waals surface area contributed by atoms with E-state index in [1.807, 2.05) is 49.4 Å². The van der Waals surface area contributed by atoms with Crippen molar-refractivity contribution in [1.29, 1.82) is 0 Å². The number of hydrogen-bond acceptors (Lipinski definition) is 5. The highest BCUT2D eigenvalue weighted by molar-refractivity contribution is 9.10. The van der Waals surface area contributed by atoms with Gasteiger partial charge in [-0.25, -0.2) is 0 Å². The van der Waals surface area contributed by atoms with Gasteiger partial charge in [-0.15, -0.1) is 0 Å². The van der Waals surface area contributed by atoms with Crippen LogP contribution in [-0.2, 0) is 9.53 Å². The maximum absolute atomic E-state index is 13.1. The van der Waals surface area contributed by atoms with Crippen molar-refractivity contribution >= 4 is 44.3 Å². The third-order valence-corrected chi connectivity index (χ3v) is 5.90. The molecule has 0 unspecified atom stereocenters. The van der Waals surface area contributed by atoms with E-state index >= 15 is 0 Å². The highest BCUT2D eigenvalue weighted by Crippen LogP contribution is 2.32. The van der Waals surface area contributed by atoms with Crippen molar-refractivity contribution in [3.05, 3.63) is 64.3 Å². The fourth-order valence-electron chi connectivity index (χ4n) is 3.74. The van der Waals surface area contributed by atoms with Gasteiger partial charge in [-0.3, -0.25) is 14.5 Å². The smallest absolute Gasteiger partial charge is 0.241 e. The van der Waals surface area contributed by atoms with Gasteiger partial charge in [0.15, 0.2) is 11.5 Å². The summed E-state index contributed by atoms with van der Waals surface area (Å²) >= 11 is 3.50. The number of benzene rings is 2. The van der Waals surface area contributed by atoms with Gasteiger partial charge in [-0.05, 0) is 36.8 Å². The number of furan rings is 1. The number of Topliss-reactive ketones (excluding diaryl/α,β-unsaturated/α-hetero) is 1. The van der Waals surface area contributed by atoms with Crippen molar-refractivity contribution in [1.82, 2.24) is 4.90 Å². The maximum atomic E-state index is 13.1. The van der Waals surface area contributed by atoms with Crippen LogP contribution in [0.25, 0.3) is 11.0 Å². The molecule has 2 aromatic carbocycles. The molecule has 30 heavy (non-hydrogen) atoms. The Hall–Kier alpha value is -2.48. The summed E-state index contributed by atoms with van der Waals surface area (Å²) in [5.74, 6) is -0.236. The van der Waals surface area contributed by atoms with E-state index < -0.39 is 6.04 Å². The van der Waals surface area contributed by atoms with E-state index in [0.29, 0.717) is 31.0 Å². The number of ketones is 1. The van der Waals surface area contributed by atoms with Gasteiger partial charge in [0, 0.05) is 29.9 Å². The molecule has 2 atom stereocenters. The summed E-state index contributed by atoms with van der Waals surface area (Å²) in [4.78, 5) is 27.2. The summed E-state index contributed by atoms with van der Waals surface area (Å²) in [5.41, 5.74) is 2.08. The molecule has 1 saturated heterocycles. The molecule has 1 N–H and O–H groups in total. The zero-order valence-electron chi connectivity index (χ0n) is 16.9. The molecule has 156 valence electrons. The Labute approximate surface area is 183 Å². The first-order valence-electron chi connectivity index (χ1n) is 9.88. The van der Waals surface area contributed by atoms with Crippen LogP contribution in [0.4, 0.5) is 5.69 Å². The number of nitrogens with zero attached hydrogens (tertiary/aromatic N) is 1. The second-order valence-electron chi connectivity index (χ2n) is 7.43. The first-order valence-corrected chi connectivity index (χ1v) is 10.7. The van der Waals surface area contributed by atoms with Crippen LogP contribution in [0.15, 0.2) is 57.4 Å². The molecule has 0 bridgehead atoms. The van der Waals surface area contributed by atoms with Crippen LogP contribution < -0.4 is 5.32 Å². The van der Waals surface area contributed by atoms with E-state index in [4.69, 9.17) is 9.15 Å². The monoisotopic (exact) mass is 470 g/mol. The number of carbonyl (C=O) groups is 2. The van der Waals surface area contributed by atoms with E-state index in [2.05, 4.69) is 26.1 Å². The lowest BCUT2D eigenvalue weighted by atomic mass is 10.1.